The summed E-state index contributed by atoms with van der Waals surface area (Å²) in [6.07, 6.45) is 1.85. The Kier molecular flexibility index (Phi) is 4.11. The van der Waals surface area contributed by atoms with Crippen molar-refractivity contribution in [2.45, 2.75) is 12.0 Å². The van der Waals surface area contributed by atoms with Gasteiger partial charge in [0.15, 0.2) is 0 Å². The molecule has 0 bridgehead atoms. The summed E-state index contributed by atoms with van der Waals surface area (Å²) >= 11 is 5.98. The zero-order valence-corrected chi connectivity index (χ0v) is 13.3. The van der Waals surface area contributed by atoms with Gasteiger partial charge in [0.25, 0.3) is 0 Å². The molecule has 1 fully saturated rings. The molecule has 1 N–H and O–H groups in total. The first kappa shape index (κ1) is 16.2. The summed E-state index contributed by atoms with van der Waals surface area (Å²) in [7, 11) is 0. The molecule has 1 aliphatic heterocycles. The molecule has 7 heteroatoms. The van der Waals surface area contributed by atoms with Gasteiger partial charge in [0.1, 0.15) is 29.3 Å². The average Bonchev–Trinajstić information content (AvgIpc) is 3.00. The molecule has 24 heavy (non-hydrogen) atoms. The monoisotopic (exact) mass is 342 g/mol. The van der Waals surface area contributed by atoms with E-state index in [0.717, 1.165) is 6.07 Å². The number of anilines is 1. The summed E-state index contributed by atoms with van der Waals surface area (Å²) in [5, 5.41) is 28.7. The van der Waals surface area contributed by atoms with Crippen LogP contribution in [0.3, 0.4) is 0 Å². The van der Waals surface area contributed by atoms with Crippen LogP contribution in [0.25, 0.3) is 0 Å². The van der Waals surface area contributed by atoms with Gasteiger partial charge in [0.2, 0.25) is 0 Å². The van der Waals surface area contributed by atoms with E-state index in [4.69, 9.17) is 22.1 Å². The van der Waals surface area contributed by atoms with E-state index in [1.54, 1.807) is 11.0 Å². The number of aromatic nitrogens is 1. The lowest BCUT2D eigenvalue weighted by atomic mass is 9.94. The molecule has 120 valence electrons. The van der Waals surface area contributed by atoms with E-state index in [1.165, 1.54) is 18.3 Å². The van der Waals surface area contributed by atoms with Crippen molar-refractivity contribution in [3.8, 4) is 12.1 Å². The van der Waals surface area contributed by atoms with Crippen LogP contribution in [0.1, 0.15) is 23.2 Å². The van der Waals surface area contributed by atoms with E-state index in [2.05, 4.69) is 4.98 Å². The normalized spacial score (nSPS) is 19.8. The van der Waals surface area contributed by atoms with Gasteiger partial charge in [-0.3, -0.25) is 0 Å². The highest BCUT2D eigenvalue weighted by molar-refractivity contribution is 6.32. The van der Waals surface area contributed by atoms with Crippen molar-refractivity contribution >= 4 is 17.3 Å². The van der Waals surface area contributed by atoms with Crippen LogP contribution in [0.4, 0.5) is 10.1 Å². The third-order valence-corrected chi connectivity index (χ3v) is 4.47. The van der Waals surface area contributed by atoms with Gasteiger partial charge in [-0.05, 0) is 24.6 Å². The summed E-state index contributed by atoms with van der Waals surface area (Å²) in [5.74, 6) is -0.557. The Hall–Kier alpha value is -2.67. The molecule has 0 spiro atoms. The number of aliphatic hydroxyl groups is 1. The van der Waals surface area contributed by atoms with Crippen molar-refractivity contribution in [1.29, 1.82) is 10.5 Å². The Morgan fingerprint density at radius 2 is 2.08 bits per heavy atom. The van der Waals surface area contributed by atoms with Crippen LogP contribution >= 0.6 is 11.6 Å². The fourth-order valence-corrected chi connectivity index (χ4v) is 3.03. The molecule has 2 aromatic rings. The molecule has 1 aromatic heterocycles. The average molecular weight is 343 g/mol. The first-order valence-corrected chi connectivity index (χ1v) is 7.58. The molecular formula is C17H12ClFN4O. The van der Waals surface area contributed by atoms with Gasteiger partial charge < -0.3 is 10.0 Å². The number of hydrogen-bond acceptors (Lipinski definition) is 5. The van der Waals surface area contributed by atoms with Crippen molar-refractivity contribution in [2.75, 3.05) is 18.0 Å². The van der Waals surface area contributed by atoms with E-state index in [9.17, 15) is 9.50 Å². The Balaban J connectivity index is 1.88. The summed E-state index contributed by atoms with van der Waals surface area (Å²) in [6, 6.07) is 9.44. The first-order chi connectivity index (χ1) is 11.5. The Morgan fingerprint density at radius 1 is 1.29 bits per heavy atom. The van der Waals surface area contributed by atoms with Crippen molar-refractivity contribution in [2.24, 2.45) is 0 Å². The van der Waals surface area contributed by atoms with Gasteiger partial charge in [-0.15, -0.1) is 0 Å². The minimum Gasteiger partial charge on any atom is -0.383 e. The second-order valence-corrected chi connectivity index (χ2v) is 6.05. The lowest BCUT2D eigenvalue weighted by molar-refractivity contribution is 0.0603. The quantitative estimate of drug-likeness (QED) is 0.907. The Bertz CT molecular complexity index is 872. The maximum atomic E-state index is 14.2. The zero-order chi connectivity index (χ0) is 17.3. The molecule has 1 atom stereocenters. The van der Waals surface area contributed by atoms with Crippen molar-refractivity contribution < 1.29 is 9.50 Å². The summed E-state index contributed by atoms with van der Waals surface area (Å²) < 4.78 is 14.2. The maximum absolute atomic E-state index is 14.2. The van der Waals surface area contributed by atoms with Gasteiger partial charge in [0, 0.05) is 18.3 Å². The molecular weight excluding hydrogens is 331 g/mol. The molecule has 3 rings (SSSR count). The minimum atomic E-state index is -1.19. The van der Waals surface area contributed by atoms with Crippen molar-refractivity contribution in [3.05, 3.63) is 58.1 Å². The van der Waals surface area contributed by atoms with Gasteiger partial charge in [-0.2, -0.15) is 10.5 Å². The van der Waals surface area contributed by atoms with Crippen molar-refractivity contribution in [1.82, 2.24) is 4.98 Å². The van der Waals surface area contributed by atoms with Gasteiger partial charge in [-0.25, -0.2) is 9.37 Å². The maximum Gasteiger partial charge on any atom is 0.147 e. The molecule has 5 nitrogen and oxygen atoms in total. The topological polar surface area (TPSA) is 83.9 Å². The zero-order valence-electron chi connectivity index (χ0n) is 12.5. The number of halogens is 2. The summed E-state index contributed by atoms with van der Waals surface area (Å²) in [6.45, 7) is 0.593. The molecule has 1 aromatic carbocycles. The van der Waals surface area contributed by atoms with Crippen LogP contribution in [0.2, 0.25) is 5.02 Å². The second kappa shape index (κ2) is 6.09. The number of β-amino-alcohol motifs (C(OH)–C–C–N with tert-alkyl or cyclic N) is 1. The lowest BCUT2D eigenvalue weighted by Gasteiger charge is -2.25. The van der Waals surface area contributed by atoms with E-state index < -0.39 is 11.4 Å². The Morgan fingerprint density at radius 3 is 2.71 bits per heavy atom. The minimum absolute atomic E-state index is 0.0728. The highest BCUT2D eigenvalue weighted by Gasteiger charge is 2.39. The van der Waals surface area contributed by atoms with Crippen molar-refractivity contribution in [3.63, 3.8) is 0 Å². The molecule has 0 amide bonds. The molecule has 0 radical (unpaired) electrons. The number of nitrogens with zero attached hydrogens (tertiary/aromatic N) is 4. The van der Waals surface area contributed by atoms with Crippen LogP contribution < -0.4 is 4.90 Å². The van der Waals surface area contributed by atoms with Gasteiger partial charge >= 0.3 is 0 Å². The molecule has 0 aliphatic carbocycles. The van der Waals surface area contributed by atoms with Crippen LogP contribution in [-0.2, 0) is 5.60 Å². The molecule has 0 unspecified atom stereocenters. The number of pyridine rings is 1. The van der Waals surface area contributed by atoms with E-state index in [1.807, 2.05) is 12.1 Å². The van der Waals surface area contributed by atoms with Crippen LogP contribution in [0, 0.1) is 28.5 Å². The number of nitriles is 2. The molecule has 1 saturated heterocycles. The highest BCUT2D eigenvalue weighted by atomic mass is 35.5. The van der Waals surface area contributed by atoms with E-state index in [-0.39, 0.29) is 28.5 Å². The predicted octanol–water partition coefficient (Wildman–Crippen LogP) is 2.72. The number of rotatable bonds is 2. The second-order valence-electron chi connectivity index (χ2n) is 5.64. The molecule has 0 saturated carbocycles. The summed E-state index contributed by atoms with van der Waals surface area (Å²) in [4.78, 5) is 5.65. The van der Waals surface area contributed by atoms with E-state index in [0.29, 0.717) is 18.5 Å². The van der Waals surface area contributed by atoms with Crippen LogP contribution in [0.5, 0.6) is 0 Å². The fourth-order valence-electron chi connectivity index (χ4n) is 2.83. The largest absolute Gasteiger partial charge is 0.383 e. The number of hydrogen-bond donors (Lipinski definition) is 1. The number of benzene rings is 1. The van der Waals surface area contributed by atoms with Crippen LogP contribution in [-0.4, -0.2) is 23.2 Å². The molecule has 2 heterocycles. The molecule has 1 aliphatic rings. The lowest BCUT2D eigenvalue weighted by Crippen LogP contribution is -2.31. The van der Waals surface area contributed by atoms with Crippen LogP contribution in [0.15, 0.2) is 30.5 Å². The highest BCUT2D eigenvalue weighted by Crippen LogP contribution is 2.36. The SMILES string of the molecule is N#Cc1ccc([C@]2(O)CCN(c3cc(Cl)c(C#N)cc3F)C2)cn1. The van der Waals surface area contributed by atoms with E-state index >= 15 is 0 Å². The smallest absolute Gasteiger partial charge is 0.147 e. The predicted molar refractivity (Wildman–Crippen MR) is 85.8 cm³/mol. The van der Waals surface area contributed by atoms with Gasteiger partial charge in [-0.1, -0.05) is 17.7 Å². The Labute approximate surface area is 143 Å². The fraction of sp³-hybridized carbons (Fsp3) is 0.235. The summed E-state index contributed by atoms with van der Waals surface area (Å²) in [5.41, 5.74) is -0.0279. The standard InChI is InChI=1S/C17H12ClFN4O/c18-14-6-16(15(19)5-11(14)7-20)23-4-3-17(24,10-23)12-1-2-13(8-21)22-9-12/h1-2,5-6,9,24H,3-4,10H2/t17-/m0/s1. The van der Waals surface area contributed by atoms with Gasteiger partial charge in [0.05, 0.1) is 22.8 Å². The third-order valence-electron chi connectivity index (χ3n) is 4.16. The third kappa shape index (κ3) is 2.78. The first-order valence-electron chi connectivity index (χ1n) is 7.20.